The lowest BCUT2D eigenvalue weighted by atomic mass is 10.1. The Balaban J connectivity index is 1.52. The minimum absolute atomic E-state index is 0.0153. The molecule has 1 N–H and O–H groups in total. The van der Waals surface area contributed by atoms with E-state index in [0.717, 1.165) is 47.0 Å². The van der Waals surface area contributed by atoms with Gasteiger partial charge in [-0.05, 0) is 36.2 Å². The molecule has 3 aromatic rings. The second kappa shape index (κ2) is 9.02. The molecule has 0 saturated heterocycles. The highest BCUT2D eigenvalue weighted by Gasteiger charge is 2.06. The summed E-state index contributed by atoms with van der Waals surface area (Å²) >= 11 is 3.47. The third kappa shape index (κ3) is 5.06. The van der Waals surface area contributed by atoms with Crippen molar-refractivity contribution in [2.24, 2.45) is 0 Å². The first-order valence-corrected chi connectivity index (χ1v) is 10.4. The van der Waals surface area contributed by atoms with Gasteiger partial charge in [-0.1, -0.05) is 55.8 Å². The maximum Gasteiger partial charge on any atom is 0.251 e. The lowest BCUT2D eigenvalue weighted by molar-refractivity contribution is 0.0953. The second-order valence-corrected chi connectivity index (χ2v) is 8.15. The van der Waals surface area contributed by atoms with Crippen molar-refractivity contribution in [2.75, 3.05) is 6.54 Å². The van der Waals surface area contributed by atoms with E-state index in [2.05, 4.69) is 23.3 Å². The molecule has 1 heterocycles. The Hall–Kier alpha value is -1.85. The van der Waals surface area contributed by atoms with Crippen molar-refractivity contribution in [1.29, 1.82) is 0 Å². The van der Waals surface area contributed by atoms with E-state index in [9.17, 15) is 4.79 Å². The minimum Gasteiger partial charge on any atom is -0.352 e. The molecule has 2 aromatic carbocycles. The van der Waals surface area contributed by atoms with Crippen LogP contribution in [0.2, 0.25) is 0 Å². The van der Waals surface area contributed by atoms with E-state index in [4.69, 9.17) is 0 Å². The molecule has 1 amide bonds. The molecule has 0 radical (unpaired) electrons. The van der Waals surface area contributed by atoms with Gasteiger partial charge in [0.2, 0.25) is 0 Å². The summed E-state index contributed by atoms with van der Waals surface area (Å²) < 4.78 is 2.30. The van der Waals surface area contributed by atoms with E-state index in [1.54, 1.807) is 23.1 Å². The number of carbonyl (C=O) groups is 1. The van der Waals surface area contributed by atoms with Crippen LogP contribution in [0.1, 0.15) is 42.1 Å². The maximum atomic E-state index is 12.1. The summed E-state index contributed by atoms with van der Waals surface area (Å²) in [5, 5.41) is 2.97. The van der Waals surface area contributed by atoms with Gasteiger partial charge >= 0.3 is 0 Å². The number of unbranched alkanes of at least 4 members (excludes halogenated alkanes) is 2. The van der Waals surface area contributed by atoms with Crippen molar-refractivity contribution in [3.05, 3.63) is 59.7 Å². The Morgan fingerprint density at radius 2 is 1.92 bits per heavy atom. The molecule has 130 valence electrons. The number of carbonyl (C=O) groups excluding carboxylic acids is 1. The van der Waals surface area contributed by atoms with Crippen LogP contribution in [0.25, 0.3) is 10.2 Å². The largest absolute Gasteiger partial charge is 0.352 e. The summed E-state index contributed by atoms with van der Waals surface area (Å²) in [4.78, 5) is 16.7. The van der Waals surface area contributed by atoms with E-state index < -0.39 is 0 Å². The van der Waals surface area contributed by atoms with Crippen molar-refractivity contribution in [3.8, 4) is 0 Å². The monoisotopic (exact) mass is 370 g/mol. The number of para-hydroxylation sites is 1. The van der Waals surface area contributed by atoms with Crippen LogP contribution in [0.5, 0.6) is 0 Å². The fourth-order valence-corrected chi connectivity index (χ4v) is 4.51. The highest BCUT2D eigenvalue weighted by molar-refractivity contribution is 8.00. The number of nitrogens with zero attached hydrogens (tertiary/aromatic N) is 1. The van der Waals surface area contributed by atoms with E-state index in [1.807, 2.05) is 42.5 Å². The van der Waals surface area contributed by atoms with Crippen LogP contribution < -0.4 is 5.32 Å². The standard InChI is InChI=1S/C20H22N2OS2/c1-2-3-6-13-21-19(23)16-11-9-15(10-12-16)14-24-20-22-17-7-4-5-8-18(17)25-20/h4-5,7-12H,2-3,6,13-14H2,1H3,(H,21,23). The van der Waals surface area contributed by atoms with E-state index in [1.165, 1.54) is 10.3 Å². The molecular formula is C20H22N2OS2. The molecule has 3 nitrogen and oxygen atoms in total. The lowest BCUT2D eigenvalue weighted by Gasteiger charge is -2.05. The first kappa shape index (κ1) is 18.0. The number of hydrogen-bond acceptors (Lipinski definition) is 4. The van der Waals surface area contributed by atoms with Gasteiger partial charge in [0.1, 0.15) is 0 Å². The van der Waals surface area contributed by atoms with Gasteiger partial charge < -0.3 is 5.32 Å². The van der Waals surface area contributed by atoms with Gasteiger partial charge in [-0.2, -0.15) is 0 Å². The molecule has 0 aliphatic rings. The van der Waals surface area contributed by atoms with Crippen molar-refractivity contribution >= 4 is 39.2 Å². The molecule has 0 fully saturated rings. The van der Waals surface area contributed by atoms with Gasteiger partial charge in [0.15, 0.2) is 4.34 Å². The Bertz CT molecular complexity index is 794. The first-order chi connectivity index (χ1) is 12.3. The predicted octanol–water partition coefficient (Wildman–Crippen LogP) is 5.51. The van der Waals surface area contributed by atoms with Gasteiger partial charge in [-0.25, -0.2) is 4.98 Å². The van der Waals surface area contributed by atoms with Gasteiger partial charge in [0, 0.05) is 17.9 Å². The quantitative estimate of drug-likeness (QED) is 0.420. The first-order valence-electron chi connectivity index (χ1n) is 8.62. The number of aromatic nitrogens is 1. The topological polar surface area (TPSA) is 42.0 Å². The van der Waals surface area contributed by atoms with Gasteiger partial charge in [-0.15, -0.1) is 11.3 Å². The number of hydrogen-bond donors (Lipinski definition) is 1. The molecule has 3 rings (SSSR count). The average molecular weight is 371 g/mol. The summed E-state index contributed by atoms with van der Waals surface area (Å²) in [5.41, 5.74) is 2.99. The van der Waals surface area contributed by atoms with Gasteiger partial charge in [-0.3, -0.25) is 4.79 Å². The zero-order valence-corrected chi connectivity index (χ0v) is 16.0. The molecule has 0 bridgehead atoms. The van der Waals surface area contributed by atoms with Crippen LogP contribution in [0.4, 0.5) is 0 Å². The number of thioether (sulfide) groups is 1. The number of nitrogens with one attached hydrogen (secondary N) is 1. The Labute approximate surface area is 156 Å². The zero-order chi connectivity index (χ0) is 17.5. The molecule has 0 atom stereocenters. The van der Waals surface area contributed by atoms with Crippen LogP contribution in [0, 0.1) is 0 Å². The summed E-state index contributed by atoms with van der Waals surface area (Å²) in [6, 6.07) is 16.1. The number of thiazole rings is 1. The predicted molar refractivity (Wildman–Crippen MR) is 107 cm³/mol. The van der Waals surface area contributed by atoms with Gasteiger partial charge in [0.25, 0.3) is 5.91 Å². The highest BCUT2D eigenvalue weighted by Crippen LogP contribution is 2.31. The van der Waals surface area contributed by atoms with E-state index in [0.29, 0.717) is 0 Å². The van der Waals surface area contributed by atoms with Crippen molar-refractivity contribution in [3.63, 3.8) is 0 Å². The normalized spacial score (nSPS) is 10.9. The third-order valence-corrected chi connectivity index (χ3v) is 6.17. The van der Waals surface area contributed by atoms with E-state index >= 15 is 0 Å². The smallest absolute Gasteiger partial charge is 0.251 e. The van der Waals surface area contributed by atoms with Crippen molar-refractivity contribution in [1.82, 2.24) is 10.3 Å². The Morgan fingerprint density at radius 1 is 1.12 bits per heavy atom. The maximum absolute atomic E-state index is 12.1. The van der Waals surface area contributed by atoms with Crippen LogP contribution in [0.3, 0.4) is 0 Å². The number of benzene rings is 2. The Morgan fingerprint density at radius 3 is 2.68 bits per heavy atom. The second-order valence-electron chi connectivity index (χ2n) is 5.90. The van der Waals surface area contributed by atoms with Crippen LogP contribution in [-0.4, -0.2) is 17.4 Å². The highest BCUT2D eigenvalue weighted by atomic mass is 32.2. The molecule has 0 aliphatic heterocycles. The van der Waals surface area contributed by atoms with Crippen LogP contribution in [-0.2, 0) is 5.75 Å². The molecule has 0 spiro atoms. The summed E-state index contributed by atoms with van der Waals surface area (Å²) in [7, 11) is 0. The molecular weight excluding hydrogens is 348 g/mol. The average Bonchev–Trinajstić information content (AvgIpc) is 3.07. The molecule has 0 aliphatic carbocycles. The Kier molecular flexibility index (Phi) is 6.48. The van der Waals surface area contributed by atoms with Crippen LogP contribution in [0.15, 0.2) is 52.9 Å². The third-order valence-electron chi connectivity index (χ3n) is 3.92. The van der Waals surface area contributed by atoms with E-state index in [-0.39, 0.29) is 5.91 Å². The molecule has 1 aromatic heterocycles. The molecule has 5 heteroatoms. The lowest BCUT2D eigenvalue weighted by Crippen LogP contribution is -2.24. The summed E-state index contributed by atoms with van der Waals surface area (Å²) in [6.07, 6.45) is 3.36. The summed E-state index contributed by atoms with van der Waals surface area (Å²) in [6.45, 7) is 2.91. The zero-order valence-electron chi connectivity index (χ0n) is 14.3. The number of rotatable bonds is 8. The van der Waals surface area contributed by atoms with Crippen molar-refractivity contribution < 1.29 is 4.79 Å². The fraction of sp³-hybridized carbons (Fsp3) is 0.300. The molecule has 0 saturated carbocycles. The number of fused-ring (bicyclic) bond motifs is 1. The van der Waals surface area contributed by atoms with Gasteiger partial charge in [0.05, 0.1) is 10.2 Å². The SMILES string of the molecule is CCCCCNC(=O)c1ccc(CSc2nc3ccccc3s2)cc1. The summed E-state index contributed by atoms with van der Waals surface area (Å²) in [5.74, 6) is 0.875. The molecule has 25 heavy (non-hydrogen) atoms. The van der Waals surface area contributed by atoms with Crippen molar-refractivity contribution in [2.45, 2.75) is 36.3 Å². The van der Waals surface area contributed by atoms with Crippen LogP contribution >= 0.6 is 23.1 Å². The minimum atomic E-state index is 0.0153. The fourth-order valence-electron chi connectivity index (χ4n) is 2.49. The molecule has 0 unspecified atom stereocenters. The number of amides is 1.